The summed E-state index contributed by atoms with van der Waals surface area (Å²) in [5.41, 5.74) is 2.49. The summed E-state index contributed by atoms with van der Waals surface area (Å²) in [6, 6.07) is 7.21. The lowest BCUT2D eigenvalue weighted by Gasteiger charge is -2.15. The topological polar surface area (TPSA) is 103 Å². The molecule has 3 atom stereocenters. The van der Waals surface area contributed by atoms with Crippen molar-refractivity contribution in [2.45, 2.75) is 31.4 Å². The Hall–Kier alpha value is -1.80. The molecule has 1 fully saturated rings. The fourth-order valence-corrected chi connectivity index (χ4v) is 2.46. The van der Waals surface area contributed by atoms with E-state index in [0.29, 0.717) is 13.1 Å². The van der Waals surface area contributed by atoms with E-state index in [1.165, 1.54) is 0 Å². The SMILES string of the molecule is OCc1ccc(-c2cn(C[C@@H]3NC[C@@H](O)[C@H]3O)nn2)cc1. The number of benzene rings is 1. The van der Waals surface area contributed by atoms with Gasteiger partial charge in [-0.25, -0.2) is 0 Å². The summed E-state index contributed by atoms with van der Waals surface area (Å²) in [4.78, 5) is 0. The molecule has 1 aliphatic rings. The Morgan fingerprint density at radius 3 is 2.62 bits per heavy atom. The van der Waals surface area contributed by atoms with Crippen LogP contribution >= 0.6 is 0 Å². The predicted octanol–water partition coefficient (Wildman–Crippen LogP) is -0.869. The van der Waals surface area contributed by atoms with E-state index >= 15 is 0 Å². The van der Waals surface area contributed by atoms with Crippen molar-refractivity contribution >= 4 is 0 Å². The molecule has 4 N–H and O–H groups in total. The minimum atomic E-state index is -0.790. The zero-order chi connectivity index (χ0) is 14.8. The molecule has 0 unspecified atom stereocenters. The van der Waals surface area contributed by atoms with Crippen molar-refractivity contribution in [3.05, 3.63) is 36.0 Å². The highest BCUT2D eigenvalue weighted by Gasteiger charge is 2.33. The van der Waals surface area contributed by atoms with Crippen molar-refractivity contribution in [1.29, 1.82) is 0 Å². The summed E-state index contributed by atoms with van der Waals surface area (Å²) >= 11 is 0. The van der Waals surface area contributed by atoms with E-state index in [1.54, 1.807) is 10.9 Å². The van der Waals surface area contributed by atoms with Gasteiger partial charge in [0.1, 0.15) is 5.69 Å². The molecule has 0 spiro atoms. The van der Waals surface area contributed by atoms with Crippen LogP contribution in [-0.4, -0.2) is 55.1 Å². The molecule has 0 radical (unpaired) electrons. The smallest absolute Gasteiger partial charge is 0.113 e. The van der Waals surface area contributed by atoms with Crippen LogP contribution in [0, 0.1) is 0 Å². The van der Waals surface area contributed by atoms with Gasteiger partial charge in [0.15, 0.2) is 0 Å². The number of nitrogens with one attached hydrogen (secondary N) is 1. The van der Waals surface area contributed by atoms with Crippen LogP contribution in [-0.2, 0) is 13.2 Å². The Morgan fingerprint density at radius 1 is 1.24 bits per heavy atom. The van der Waals surface area contributed by atoms with Gasteiger partial charge in [-0.1, -0.05) is 29.5 Å². The molecule has 1 aromatic carbocycles. The largest absolute Gasteiger partial charge is 0.392 e. The van der Waals surface area contributed by atoms with Crippen LogP contribution in [0.2, 0.25) is 0 Å². The van der Waals surface area contributed by atoms with Gasteiger partial charge in [-0.05, 0) is 5.56 Å². The highest BCUT2D eigenvalue weighted by Crippen LogP contribution is 2.17. The van der Waals surface area contributed by atoms with Gasteiger partial charge in [-0.2, -0.15) is 0 Å². The maximum atomic E-state index is 9.80. The Labute approximate surface area is 121 Å². The third kappa shape index (κ3) is 2.96. The minimum Gasteiger partial charge on any atom is -0.392 e. The lowest BCUT2D eigenvalue weighted by atomic mass is 10.1. The molecule has 0 saturated carbocycles. The van der Waals surface area contributed by atoms with Crippen LogP contribution in [0.3, 0.4) is 0 Å². The summed E-state index contributed by atoms with van der Waals surface area (Å²) in [6.07, 6.45) is 0.276. The van der Waals surface area contributed by atoms with Gasteiger partial charge >= 0.3 is 0 Å². The second kappa shape index (κ2) is 5.90. The predicted molar refractivity (Wildman–Crippen MR) is 75.2 cm³/mol. The molecule has 1 aliphatic heterocycles. The molecule has 3 rings (SSSR count). The number of nitrogens with zero attached hydrogens (tertiary/aromatic N) is 3. The molecule has 2 aromatic rings. The molecule has 0 aliphatic carbocycles. The van der Waals surface area contributed by atoms with Crippen molar-refractivity contribution < 1.29 is 15.3 Å². The second-order valence-electron chi connectivity index (χ2n) is 5.25. The van der Waals surface area contributed by atoms with Gasteiger partial charge < -0.3 is 20.6 Å². The summed E-state index contributed by atoms with van der Waals surface area (Å²) in [5.74, 6) is 0. The lowest BCUT2D eigenvalue weighted by Crippen LogP contribution is -2.36. The first-order valence-electron chi connectivity index (χ1n) is 6.87. The monoisotopic (exact) mass is 290 g/mol. The molecule has 112 valence electrons. The maximum absolute atomic E-state index is 9.80. The Balaban J connectivity index is 1.71. The summed E-state index contributed by atoms with van der Waals surface area (Å²) in [5, 5.41) is 39.5. The normalized spacial score (nSPS) is 25.4. The number of hydrogen-bond donors (Lipinski definition) is 4. The van der Waals surface area contributed by atoms with Gasteiger partial charge in [0.05, 0.1) is 37.6 Å². The van der Waals surface area contributed by atoms with Gasteiger partial charge in [0.2, 0.25) is 0 Å². The van der Waals surface area contributed by atoms with Crippen LogP contribution in [0.4, 0.5) is 0 Å². The Bertz CT molecular complexity index is 599. The van der Waals surface area contributed by atoms with Crippen LogP contribution in [0.15, 0.2) is 30.5 Å². The van der Waals surface area contributed by atoms with Crippen LogP contribution in [0.1, 0.15) is 5.56 Å². The van der Waals surface area contributed by atoms with E-state index in [4.69, 9.17) is 5.11 Å². The lowest BCUT2D eigenvalue weighted by molar-refractivity contribution is 0.0372. The fraction of sp³-hybridized carbons (Fsp3) is 0.429. The van der Waals surface area contributed by atoms with Crippen molar-refractivity contribution in [2.24, 2.45) is 0 Å². The Morgan fingerprint density at radius 2 is 2.00 bits per heavy atom. The molecule has 7 nitrogen and oxygen atoms in total. The average Bonchev–Trinajstić information content (AvgIpc) is 3.10. The van der Waals surface area contributed by atoms with E-state index in [0.717, 1.165) is 16.8 Å². The number of aliphatic hydroxyl groups excluding tert-OH is 3. The van der Waals surface area contributed by atoms with Gasteiger partial charge in [0, 0.05) is 12.1 Å². The van der Waals surface area contributed by atoms with Gasteiger partial charge in [-0.15, -0.1) is 5.10 Å². The van der Waals surface area contributed by atoms with Crippen molar-refractivity contribution in [2.75, 3.05) is 6.54 Å². The van der Waals surface area contributed by atoms with E-state index in [9.17, 15) is 10.2 Å². The van der Waals surface area contributed by atoms with E-state index in [1.807, 2.05) is 24.3 Å². The van der Waals surface area contributed by atoms with Crippen molar-refractivity contribution in [1.82, 2.24) is 20.3 Å². The highest BCUT2D eigenvalue weighted by atomic mass is 16.3. The standard InChI is InChI=1S/C14H18N4O3/c19-8-9-1-3-10(4-2-9)11-6-18(17-16-11)7-12-14(21)13(20)5-15-12/h1-4,6,12-15,19-21H,5,7-8H2/t12-,13+,14-/m0/s1. The molecule has 21 heavy (non-hydrogen) atoms. The number of aromatic nitrogens is 3. The molecule has 1 aromatic heterocycles. The number of β-amino-alcohol motifs (C(OH)–C–C–N with tert-alkyl or cyclic N) is 1. The van der Waals surface area contributed by atoms with Crippen LogP contribution < -0.4 is 5.32 Å². The number of rotatable bonds is 4. The molecule has 2 heterocycles. The van der Waals surface area contributed by atoms with Crippen LogP contribution in [0.5, 0.6) is 0 Å². The van der Waals surface area contributed by atoms with E-state index in [-0.39, 0.29) is 12.6 Å². The molecule has 0 bridgehead atoms. The van der Waals surface area contributed by atoms with Crippen molar-refractivity contribution in [3.8, 4) is 11.3 Å². The average molecular weight is 290 g/mol. The quantitative estimate of drug-likeness (QED) is 0.584. The molecular formula is C14H18N4O3. The third-order valence-electron chi connectivity index (χ3n) is 3.75. The van der Waals surface area contributed by atoms with Crippen molar-refractivity contribution in [3.63, 3.8) is 0 Å². The molecule has 1 saturated heterocycles. The van der Waals surface area contributed by atoms with Gasteiger partial charge in [0.25, 0.3) is 0 Å². The first-order valence-corrected chi connectivity index (χ1v) is 6.87. The van der Waals surface area contributed by atoms with Gasteiger partial charge in [-0.3, -0.25) is 4.68 Å². The first kappa shape index (κ1) is 14.2. The summed E-state index contributed by atoms with van der Waals surface area (Å²) in [7, 11) is 0. The first-order chi connectivity index (χ1) is 10.2. The molecular weight excluding hydrogens is 272 g/mol. The molecule has 7 heteroatoms. The third-order valence-corrected chi connectivity index (χ3v) is 3.75. The number of aliphatic hydroxyl groups is 3. The summed E-state index contributed by atoms with van der Waals surface area (Å²) in [6.45, 7) is 0.844. The Kier molecular flexibility index (Phi) is 3.98. The summed E-state index contributed by atoms with van der Waals surface area (Å²) < 4.78 is 1.65. The zero-order valence-electron chi connectivity index (χ0n) is 11.4. The minimum absolute atomic E-state index is 0.0144. The van der Waals surface area contributed by atoms with E-state index in [2.05, 4.69) is 15.6 Å². The zero-order valence-corrected chi connectivity index (χ0v) is 11.4. The maximum Gasteiger partial charge on any atom is 0.113 e. The molecule has 0 amide bonds. The second-order valence-corrected chi connectivity index (χ2v) is 5.25. The van der Waals surface area contributed by atoms with Crippen LogP contribution in [0.25, 0.3) is 11.3 Å². The van der Waals surface area contributed by atoms with E-state index < -0.39 is 12.2 Å². The fourth-order valence-electron chi connectivity index (χ4n) is 2.46. The number of hydrogen-bond acceptors (Lipinski definition) is 6. The highest BCUT2D eigenvalue weighted by molar-refractivity contribution is 5.57.